The van der Waals surface area contributed by atoms with Crippen molar-refractivity contribution in [3.05, 3.63) is 59.7 Å². The number of aliphatic hydroxyl groups is 1. The molecule has 0 atom stereocenters. The van der Waals surface area contributed by atoms with E-state index in [0.717, 1.165) is 11.3 Å². The third-order valence-corrected chi connectivity index (χ3v) is 3.37. The smallest absolute Gasteiger partial charge is 0.161 e. The molecule has 110 valence electrons. The number of nitrogens with zero attached hydrogens (tertiary/aromatic N) is 1. The van der Waals surface area contributed by atoms with Gasteiger partial charge in [0.1, 0.15) is 0 Å². The molecule has 4 heteroatoms. The molecular formula is C17H20N2O2. The maximum Gasteiger partial charge on any atom is 0.161 e. The Morgan fingerprint density at radius 2 is 1.90 bits per heavy atom. The first-order valence-corrected chi connectivity index (χ1v) is 6.92. The van der Waals surface area contributed by atoms with Crippen LogP contribution in [0.15, 0.2) is 48.5 Å². The lowest BCUT2D eigenvalue weighted by molar-refractivity contribution is 0.101. The molecule has 0 bridgehead atoms. The normalized spacial score (nSPS) is 10.4. The van der Waals surface area contributed by atoms with E-state index in [2.05, 4.69) is 0 Å². The molecule has 0 saturated carbocycles. The Balaban J connectivity index is 2.26. The van der Waals surface area contributed by atoms with Crippen molar-refractivity contribution in [2.45, 2.75) is 13.5 Å². The van der Waals surface area contributed by atoms with E-state index in [9.17, 15) is 9.90 Å². The number of ketones is 1. The zero-order chi connectivity index (χ0) is 15.2. The number of nitrogens with two attached hydrogens (primary N) is 1. The van der Waals surface area contributed by atoms with Crippen molar-refractivity contribution in [3.63, 3.8) is 0 Å². The second kappa shape index (κ2) is 6.90. The molecule has 0 aliphatic carbocycles. The van der Waals surface area contributed by atoms with E-state index in [0.29, 0.717) is 24.3 Å². The van der Waals surface area contributed by atoms with Crippen molar-refractivity contribution in [1.82, 2.24) is 0 Å². The predicted octanol–water partition coefficient (Wildman–Crippen LogP) is 2.47. The van der Waals surface area contributed by atoms with Crippen LogP contribution in [0.1, 0.15) is 22.8 Å². The topological polar surface area (TPSA) is 66.6 Å². The third-order valence-electron chi connectivity index (χ3n) is 3.37. The number of nitrogen functional groups attached to an aromatic ring is 1. The summed E-state index contributed by atoms with van der Waals surface area (Å²) in [6.07, 6.45) is 0. The number of carbonyl (C=O) groups is 1. The Hall–Kier alpha value is -2.33. The number of carbonyl (C=O) groups excluding carboxylic acids is 1. The molecule has 0 fully saturated rings. The molecule has 0 radical (unpaired) electrons. The lowest BCUT2D eigenvalue weighted by atomic mass is 10.1. The van der Waals surface area contributed by atoms with Crippen molar-refractivity contribution < 1.29 is 9.90 Å². The summed E-state index contributed by atoms with van der Waals surface area (Å²) in [5.41, 5.74) is 8.99. The van der Waals surface area contributed by atoms with Crippen LogP contribution >= 0.6 is 0 Å². The summed E-state index contributed by atoms with van der Waals surface area (Å²) < 4.78 is 0. The van der Waals surface area contributed by atoms with Gasteiger partial charge in [-0.1, -0.05) is 30.3 Å². The number of rotatable bonds is 6. The van der Waals surface area contributed by atoms with Crippen LogP contribution in [0.3, 0.4) is 0 Å². The second-order valence-electron chi connectivity index (χ2n) is 4.96. The standard InChI is InChI=1S/C17H20N2O2/c1-13(21)16-8-7-15(11-17(16)18)19(9-10-20)12-14-5-3-2-4-6-14/h2-8,11,20H,9-10,12,18H2,1H3. The van der Waals surface area contributed by atoms with Gasteiger partial charge in [-0.25, -0.2) is 0 Å². The summed E-state index contributed by atoms with van der Waals surface area (Å²) in [4.78, 5) is 13.5. The van der Waals surface area contributed by atoms with Crippen LogP contribution in [0.4, 0.5) is 11.4 Å². The average molecular weight is 284 g/mol. The highest BCUT2D eigenvalue weighted by atomic mass is 16.3. The number of hydrogen-bond acceptors (Lipinski definition) is 4. The SMILES string of the molecule is CC(=O)c1ccc(N(CCO)Cc2ccccc2)cc1N. The van der Waals surface area contributed by atoms with Crippen LogP contribution in [0.2, 0.25) is 0 Å². The lowest BCUT2D eigenvalue weighted by Crippen LogP contribution is -2.26. The van der Waals surface area contributed by atoms with E-state index in [1.807, 2.05) is 41.3 Å². The van der Waals surface area contributed by atoms with Crippen molar-refractivity contribution in [2.75, 3.05) is 23.8 Å². The summed E-state index contributed by atoms with van der Waals surface area (Å²) in [6.45, 7) is 2.75. The van der Waals surface area contributed by atoms with Gasteiger partial charge in [0, 0.05) is 30.0 Å². The van der Waals surface area contributed by atoms with Crippen LogP contribution in [0.25, 0.3) is 0 Å². The van der Waals surface area contributed by atoms with Gasteiger partial charge in [-0.3, -0.25) is 4.79 Å². The second-order valence-corrected chi connectivity index (χ2v) is 4.96. The van der Waals surface area contributed by atoms with Crippen molar-refractivity contribution in [3.8, 4) is 0 Å². The fourth-order valence-corrected chi connectivity index (χ4v) is 2.29. The van der Waals surface area contributed by atoms with Gasteiger partial charge in [-0.2, -0.15) is 0 Å². The largest absolute Gasteiger partial charge is 0.398 e. The number of anilines is 2. The van der Waals surface area contributed by atoms with E-state index >= 15 is 0 Å². The highest BCUT2D eigenvalue weighted by Gasteiger charge is 2.11. The van der Waals surface area contributed by atoms with Gasteiger partial charge in [0.15, 0.2) is 5.78 Å². The molecule has 0 amide bonds. The number of benzene rings is 2. The highest BCUT2D eigenvalue weighted by molar-refractivity contribution is 5.99. The first-order chi connectivity index (χ1) is 10.1. The summed E-state index contributed by atoms with van der Waals surface area (Å²) in [6, 6.07) is 15.4. The van der Waals surface area contributed by atoms with E-state index in [1.165, 1.54) is 6.92 Å². The van der Waals surface area contributed by atoms with Gasteiger partial charge in [0.05, 0.1) is 6.61 Å². The van der Waals surface area contributed by atoms with Crippen molar-refractivity contribution in [2.24, 2.45) is 0 Å². The molecule has 0 spiro atoms. The average Bonchev–Trinajstić information content (AvgIpc) is 2.47. The van der Waals surface area contributed by atoms with Gasteiger partial charge in [0.2, 0.25) is 0 Å². The van der Waals surface area contributed by atoms with Gasteiger partial charge in [-0.15, -0.1) is 0 Å². The molecule has 2 aromatic rings. The van der Waals surface area contributed by atoms with Gasteiger partial charge >= 0.3 is 0 Å². The molecule has 21 heavy (non-hydrogen) atoms. The molecular weight excluding hydrogens is 264 g/mol. The fourth-order valence-electron chi connectivity index (χ4n) is 2.29. The minimum absolute atomic E-state index is 0.0455. The van der Waals surface area contributed by atoms with E-state index < -0.39 is 0 Å². The minimum Gasteiger partial charge on any atom is -0.398 e. The molecule has 0 saturated heterocycles. The fraction of sp³-hybridized carbons (Fsp3) is 0.235. The monoisotopic (exact) mass is 284 g/mol. The van der Waals surface area contributed by atoms with E-state index in [-0.39, 0.29) is 12.4 Å². The van der Waals surface area contributed by atoms with Crippen LogP contribution in [0.5, 0.6) is 0 Å². The Labute approximate surface area is 124 Å². The van der Waals surface area contributed by atoms with Crippen molar-refractivity contribution in [1.29, 1.82) is 0 Å². The Kier molecular flexibility index (Phi) is 4.95. The molecule has 4 nitrogen and oxygen atoms in total. The van der Waals surface area contributed by atoms with Crippen LogP contribution in [0, 0.1) is 0 Å². The molecule has 2 rings (SSSR count). The molecule has 0 aliphatic rings. The molecule has 0 aliphatic heterocycles. The lowest BCUT2D eigenvalue weighted by Gasteiger charge is -2.25. The summed E-state index contributed by atoms with van der Waals surface area (Å²) in [7, 11) is 0. The Morgan fingerprint density at radius 1 is 1.19 bits per heavy atom. The molecule has 0 heterocycles. The van der Waals surface area contributed by atoms with Gasteiger partial charge < -0.3 is 15.7 Å². The molecule has 3 N–H and O–H groups in total. The maximum absolute atomic E-state index is 11.4. The Bertz CT molecular complexity index is 611. The summed E-state index contributed by atoms with van der Waals surface area (Å²) >= 11 is 0. The quantitative estimate of drug-likeness (QED) is 0.631. The molecule has 2 aromatic carbocycles. The van der Waals surface area contributed by atoms with E-state index in [4.69, 9.17) is 5.73 Å². The van der Waals surface area contributed by atoms with Gasteiger partial charge in [-0.05, 0) is 30.7 Å². The predicted molar refractivity (Wildman–Crippen MR) is 85.4 cm³/mol. The third kappa shape index (κ3) is 3.83. The maximum atomic E-state index is 11.4. The van der Waals surface area contributed by atoms with Crippen molar-refractivity contribution >= 4 is 17.2 Å². The molecule has 0 unspecified atom stereocenters. The summed E-state index contributed by atoms with van der Waals surface area (Å²) in [5.74, 6) is -0.0455. The first kappa shape index (κ1) is 15.1. The van der Waals surface area contributed by atoms with Crippen LogP contribution < -0.4 is 10.6 Å². The van der Waals surface area contributed by atoms with Crippen LogP contribution in [-0.2, 0) is 6.54 Å². The number of Topliss-reactive ketones (excluding diaryl/α,β-unsaturated/α-hetero) is 1. The number of hydrogen-bond donors (Lipinski definition) is 2. The van der Waals surface area contributed by atoms with Gasteiger partial charge in [0.25, 0.3) is 0 Å². The zero-order valence-electron chi connectivity index (χ0n) is 12.1. The minimum atomic E-state index is -0.0455. The van der Waals surface area contributed by atoms with E-state index in [1.54, 1.807) is 12.1 Å². The zero-order valence-corrected chi connectivity index (χ0v) is 12.1. The Morgan fingerprint density at radius 3 is 2.48 bits per heavy atom. The highest BCUT2D eigenvalue weighted by Crippen LogP contribution is 2.23. The molecule has 0 aromatic heterocycles. The van der Waals surface area contributed by atoms with Crippen LogP contribution in [-0.4, -0.2) is 24.0 Å². The summed E-state index contributed by atoms with van der Waals surface area (Å²) in [5, 5.41) is 9.26. The number of aliphatic hydroxyl groups excluding tert-OH is 1. The first-order valence-electron chi connectivity index (χ1n) is 6.92.